The second-order valence-corrected chi connectivity index (χ2v) is 7.57. The van der Waals surface area contributed by atoms with Gasteiger partial charge in [0.15, 0.2) is 0 Å². The monoisotopic (exact) mass is 408 g/mol. The second-order valence-electron chi connectivity index (χ2n) is 5.45. The normalized spacial score (nSPS) is 15.9. The summed E-state index contributed by atoms with van der Waals surface area (Å²) in [7, 11) is 0. The van der Waals surface area contributed by atoms with E-state index in [9.17, 15) is 14.9 Å². The van der Waals surface area contributed by atoms with E-state index in [1.54, 1.807) is 29.2 Å². The van der Waals surface area contributed by atoms with Gasteiger partial charge in [-0.25, -0.2) is 0 Å². The molecule has 0 saturated carbocycles. The van der Waals surface area contributed by atoms with E-state index in [1.807, 2.05) is 6.92 Å². The van der Waals surface area contributed by atoms with Gasteiger partial charge in [0.25, 0.3) is 11.6 Å². The Bertz CT molecular complexity index is 939. The topological polar surface area (TPSA) is 76.6 Å². The molecule has 0 aliphatic carbocycles. The van der Waals surface area contributed by atoms with Gasteiger partial charge in [-0.05, 0) is 30.7 Å². The minimum atomic E-state index is -0.515. The number of nitrogens with zero attached hydrogens (tertiary/aromatic N) is 2. The van der Waals surface area contributed by atoms with Gasteiger partial charge in [0.05, 0.1) is 15.4 Å². The highest BCUT2D eigenvalue weighted by molar-refractivity contribution is 8.26. The quantitative estimate of drug-likeness (QED) is 0.296. The smallest absolute Gasteiger partial charge is 0.281 e. The van der Waals surface area contributed by atoms with Crippen LogP contribution < -0.4 is 0 Å². The van der Waals surface area contributed by atoms with Crippen LogP contribution >= 0.6 is 35.6 Å². The maximum atomic E-state index is 12.4. The third kappa shape index (κ3) is 3.67. The van der Waals surface area contributed by atoms with Crippen molar-refractivity contribution >= 4 is 57.6 Å². The summed E-state index contributed by atoms with van der Waals surface area (Å²) in [6.45, 7) is 2.54. The van der Waals surface area contributed by atoms with Crippen LogP contribution in [0.2, 0.25) is 5.02 Å². The third-order valence-corrected chi connectivity index (χ3v) is 5.26. The number of rotatable bonds is 5. The lowest BCUT2D eigenvalue weighted by Crippen LogP contribution is -2.28. The molecule has 1 aliphatic rings. The van der Waals surface area contributed by atoms with Gasteiger partial charge in [-0.3, -0.25) is 19.8 Å². The lowest BCUT2D eigenvalue weighted by Gasteiger charge is -2.11. The molecule has 134 valence electrons. The first-order valence-electron chi connectivity index (χ1n) is 7.70. The molecule has 1 aliphatic heterocycles. The summed E-state index contributed by atoms with van der Waals surface area (Å²) in [5.41, 5.74) is 0.172. The van der Waals surface area contributed by atoms with Crippen molar-refractivity contribution in [3.05, 3.63) is 56.1 Å². The van der Waals surface area contributed by atoms with Crippen molar-refractivity contribution in [2.75, 3.05) is 6.54 Å². The molecule has 2 heterocycles. The summed E-state index contributed by atoms with van der Waals surface area (Å²) in [6.07, 6.45) is 2.41. The third-order valence-electron chi connectivity index (χ3n) is 3.64. The van der Waals surface area contributed by atoms with E-state index in [1.165, 1.54) is 23.9 Å². The molecule has 1 aromatic heterocycles. The highest BCUT2D eigenvalue weighted by Crippen LogP contribution is 2.36. The van der Waals surface area contributed by atoms with Gasteiger partial charge in [-0.2, -0.15) is 0 Å². The van der Waals surface area contributed by atoms with Crippen molar-refractivity contribution in [1.29, 1.82) is 0 Å². The number of nitro benzene ring substituents is 1. The van der Waals surface area contributed by atoms with Crippen LogP contribution in [0.15, 0.2) is 39.7 Å². The van der Waals surface area contributed by atoms with E-state index >= 15 is 0 Å². The number of halogens is 1. The number of carbonyl (C=O) groups is 1. The minimum Gasteiger partial charge on any atom is -0.456 e. The fraction of sp³-hybridized carbons (Fsp3) is 0.176. The SMILES string of the molecule is CCCN1C(=O)/C(=C/c2ccc(-c3ccc(Cl)cc3[N+](=O)[O-])o2)SC1=S. The van der Waals surface area contributed by atoms with Crippen LogP contribution in [0.1, 0.15) is 19.1 Å². The molecule has 1 aromatic carbocycles. The van der Waals surface area contributed by atoms with Crippen LogP contribution in [-0.4, -0.2) is 26.6 Å². The first kappa shape index (κ1) is 18.6. The first-order chi connectivity index (χ1) is 12.4. The van der Waals surface area contributed by atoms with Gasteiger partial charge in [-0.1, -0.05) is 42.5 Å². The number of benzene rings is 1. The van der Waals surface area contributed by atoms with Gasteiger partial charge >= 0.3 is 0 Å². The maximum Gasteiger partial charge on any atom is 0.281 e. The molecule has 1 fully saturated rings. The Labute approximate surface area is 164 Å². The first-order valence-corrected chi connectivity index (χ1v) is 9.30. The summed E-state index contributed by atoms with van der Waals surface area (Å²) in [6, 6.07) is 7.63. The Morgan fingerprint density at radius 2 is 2.15 bits per heavy atom. The fourth-order valence-electron chi connectivity index (χ4n) is 2.48. The molecular weight excluding hydrogens is 396 g/mol. The minimum absolute atomic E-state index is 0.146. The Hall–Kier alpha value is -2.16. The summed E-state index contributed by atoms with van der Waals surface area (Å²) >= 11 is 12.3. The molecule has 0 atom stereocenters. The molecule has 3 rings (SSSR count). The van der Waals surface area contributed by atoms with Crippen molar-refractivity contribution in [1.82, 2.24) is 4.90 Å². The van der Waals surface area contributed by atoms with Crippen LogP contribution in [0, 0.1) is 10.1 Å². The Kier molecular flexibility index (Phi) is 5.45. The van der Waals surface area contributed by atoms with Gasteiger partial charge in [0, 0.05) is 23.7 Å². The van der Waals surface area contributed by atoms with Crippen molar-refractivity contribution in [2.24, 2.45) is 0 Å². The van der Waals surface area contributed by atoms with Gasteiger partial charge in [-0.15, -0.1) is 0 Å². The molecule has 0 radical (unpaired) electrons. The molecule has 6 nitrogen and oxygen atoms in total. The van der Waals surface area contributed by atoms with Crippen molar-refractivity contribution in [3.63, 3.8) is 0 Å². The number of thioether (sulfide) groups is 1. The summed E-state index contributed by atoms with van der Waals surface area (Å²) < 4.78 is 6.21. The predicted octanol–water partition coefficient (Wildman–Crippen LogP) is 5.12. The molecule has 2 aromatic rings. The van der Waals surface area contributed by atoms with E-state index in [0.29, 0.717) is 32.9 Å². The predicted molar refractivity (Wildman–Crippen MR) is 106 cm³/mol. The van der Waals surface area contributed by atoms with Crippen molar-refractivity contribution in [3.8, 4) is 11.3 Å². The van der Waals surface area contributed by atoms with Crippen LogP contribution in [0.25, 0.3) is 17.4 Å². The molecular formula is C17H13ClN2O4S2. The van der Waals surface area contributed by atoms with E-state index < -0.39 is 4.92 Å². The number of amides is 1. The zero-order chi connectivity index (χ0) is 18.8. The number of thiocarbonyl (C=S) groups is 1. The zero-order valence-corrected chi connectivity index (χ0v) is 16.0. The number of hydrogen-bond donors (Lipinski definition) is 0. The standard InChI is InChI=1S/C17H13ClN2O4S2/c1-2-7-19-16(21)15(26-17(19)25)9-11-4-6-14(24-11)12-5-3-10(18)8-13(12)20(22)23/h3-6,8-9H,2,7H2,1H3/b15-9-. The molecule has 1 saturated heterocycles. The lowest BCUT2D eigenvalue weighted by molar-refractivity contribution is -0.384. The van der Waals surface area contributed by atoms with Gasteiger partial charge < -0.3 is 4.42 Å². The lowest BCUT2D eigenvalue weighted by atomic mass is 10.1. The number of furan rings is 1. The Morgan fingerprint density at radius 3 is 2.85 bits per heavy atom. The number of nitro groups is 1. The maximum absolute atomic E-state index is 12.4. The van der Waals surface area contributed by atoms with Crippen LogP contribution in [-0.2, 0) is 4.79 Å². The van der Waals surface area contributed by atoms with Gasteiger partial charge in [0.1, 0.15) is 15.8 Å². The number of hydrogen-bond acceptors (Lipinski definition) is 6. The molecule has 0 bridgehead atoms. The summed E-state index contributed by atoms with van der Waals surface area (Å²) in [5, 5.41) is 11.5. The zero-order valence-electron chi connectivity index (χ0n) is 13.6. The van der Waals surface area contributed by atoms with Crippen molar-refractivity contribution in [2.45, 2.75) is 13.3 Å². The molecule has 9 heteroatoms. The molecule has 1 amide bonds. The molecule has 0 spiro atoms. The van der Waals surface area contributed by atoms with Crippen LogP contribution in [0.5, 0.6) is 0 Å². The fourth-order valence-corrected chi connectivity index (χ4v) is 3.94. The summed E-state index contributed by atoms with van der Waals surface area (Å²) in [4.78, 5) is 25.1. The van der Waals surface area contributed by atoms with E-state index in [-0.39, 0.29) is 16.6 Å². The van der Waals surface area contributed by atoms with E-state index in [0.717, 1.165) is 6.42 Å². The second kappa shape index (κ2) is 7.61. The van der Waals surface area contributed by atoms with Crippen LogP contribution in [0.4, 0.5) is 5.69 Å². The van der Waals surface area contributed by atoms with Crippen LogP contribution in [0.3, 0.4) is 0 Å². The molecule has 26 heavy (non-hydrogen) atoms. The number of carbonyl (C=O) groups excluding carboxylic acids is 1. The van der Waals surface area contributed by atoms with E-state index in [2.05, 4.69) is 0 Å². The molecule has 0 N–H and O–H groups in total. The largest absolute Gasteiger partial charge is 0.456 e. The Balaban J connectivity index is 1.91. The average molecular weight is 409 g/mol. The Morgan fingerprint density at radius 1 is 1.38 bits per heavy atom. The van der Waals surface area contributed by atoms with Gasteiger partial charge in [0.2, 0.25) is 0 Å². The highest BCUT2D eigenvalue weighted by Gasteiger charge is 2.31. The van der Waals surface area contributed by atoms with Crippen molar-refractivity contribution < 1.29 is 14.1 Å². The highest BCUT2D eigenvalue weighted by atomic mass is 35.5. The average Bonchev–Trinajstić information content (AvgIpc) is 3.15. The molecule has 0 unspecified atom stereocenters. The summed E-state index contributed by atoms with van der Waals surface area (Å²) in [5.74, 6) is 0.585. The van der Waals surface area contributed by atoms with E-state index in [4.69, 9.17) is 28.2 Å².